The van der Waals surface area contributed by atoms with Crippen molar-refractivity contribution >= 4 is 77.7 Å². The zero-order chi connectivity index (χ0) is 45.0. The first-order valence-corrected chi connectivity index (χ1v) is 25.0. The van der Waals surface area contributed by atoms with Gasteiger partial charge in [-0.2, -0.15) is 0 Å². The number of hydrogen-bond acceptors (Lipinski definition) is 3. The maximum atomic E-state index is 2.80. The fourth-order valence-corrected chi connectivity index (χ4v) is 14.4. The summed E-state index contributed by atoms with van der Waals surface area (Å²) in [6.45, 7) is 34.2. The molecule has 1 aromatic heterocycles. The quantitative estimate of drug-likeness (QED) is 0.152. The summed E-state index contributed by atoms with van der Waals surface area (Å²) in [5.74, 6) is 0. The van der Waals surface area contributed by atoms with Crippen LogP contribution in [0.2, 0.25) is 0 Å². The van der Waals surface area contributed by atoms with Gasteiger partial charge in [-0.1, -0.05) is 145 Å². The van der Waals surface area contributed by atoms with Crippen LogP contribution < -0.4 is 20.6 Å². The number of hydrogen-bond donors (Lipinski definition) is 0. The predicted octanol–water partition coefficient (Wildman–Crippen LogP) is 15.7. The molecule has 7 aromatic rings. The standard InChI is InChI=1S/C60H65BN2S/c1-34-28-42-44(58(9,10)26-24-56(42,5)6)32-48(34)62-47-23-22-37-38-31-43-45(59(11,12)27-25-57(43,7)8)33-50(38)64-54(37)52(47)61-51-39(29-35(30-49(51)62)55(2,3)4)36-18-17-20-41-53(36)63(61)46-21-16-15-19-40(46)60(41,13)14/h15-23,28-33H,24-27H2,1-14H3. The zero-order valence-corrected chi connectivity index (χ0v) is 41.7. The van der Waals surface area contributed by atoms with Crippen LogP contribution in [0.25, 0.3) is 31.3 Å². The van der Waals surface area contributed by atoms with Crippen LogP contribution in [0.1, 0.15) is 160 Å². The van der Waals surface area contributed by atoms with E-state index < -0.39 is 0 Å². The van der Waals surface area contributed by atoms with Gasteiger partial charge in [0.15, 0.2) is 0 Å². The van der Waals surface area contributed by atoms with Gasteiger partial charge in [-0.25, -0.2) is 0 Å². The van der Waals surface area contributed by atoms with Gasteiger partial charge in [-0.05, 0) is 157 Å². The van der Waals surface area contributed by atoms with Crippen molar-refractivity contribution in [1.29, 1.82) is 0 Å². The molecule has 4 heterocycles. The van der Waals surface area contributed by atoms with Crippen LogP contribution in [-0.4, -0.2) is 6.85 Å². The molecule has 324 valence electrons. The third kappa shape index (κ3) is 5.27. The van der Waals surface area contributed by atoms with Crippen LogP contribution in [-0.2, 0) is 32.5 Å². The van der Waals surface area contributed by atoms with E-state index in [9.17, 15) is 0 Å². The minimum Gasteiger partial charge on any atom is -0.376 e. The number of fused-ring (bicyclic) bond motifs is 12. The fourth-order valence-electron chi connectivity index (χ4n) is 13.1. The maximum Gasteiger partial charge on any atom is 0.334 e. The first-order valence-electron chi connectivity index (χ1n) is 24.2. The number of benzene rings is 6. The Balaban J connectivity index is 1.26. The number of para-hydroxylation sites is 2. The monoisotopic (exact) mass is 856 g/mol. The number of aryl methyl sites for hydroxylation is 1. The van der Waals surface area contributed by atoms with E-state index in [1.165, 1.54) is 135 Å². The smallest absolute Gasteiger partial charge is 0.334 e. The second-order valence-electron chi connectivity index (χ2n) is 24.7. The fraction of sp³-hybridized carbons (Fsp3) is 0.400. The zero-order valence-electron chi connectivity index (χ0n) is 40.9. The highest BCUT2D eigenvalue weighted by Gasteiger charge is 2.52. The molecule has 0 N–H and O–H groups in total. The van der Waals surface area contributed by atoms with Crippen LogP contribution in [0.4, 0.5) is 28.4 Å². The molecular weight excluding hydrogens is 792 g/mol. The molecule has 0 saturated heterocycles. The summed E-state index contributed by atoms with van der Waals surface area (Å²) in [6, 6.07) is 37.2. The van der Waals surface area contributed by atoms with Crippen molar-refractivity contribution in [1.82, 2.24) is 0 Å². The van der Waals surface area contributed by atoms with E-state index in [4.69, 9.17) is 0 Å². The average Bonchev–Trinajstić information content (AvgIpc) is 3.61. The van der Waals surface area contributed by atoms with Gasteiger partial charge >= 0.3 is 6.85 Å². The van der Waals surface area contributed by atoms with Crippen molar-refractivity contribution in [3.05, 3.63) is 136 Å². The van der Waals surface area contributed by atoms with Crippen molar-refractivity contribution in [2.45, 2.75) is 155 Å². The predicted molar refractivity (Wildman–Crippen MR) is 279 cm³/mol. The van der Waals surface area contributed by atoms with Crippen molar-refractivity contribution in [2.75, 3.05) is 9.71 Å². The summed E-state index contributed by atoms with van der Waals surface area (Å²) in [4.78, 5) is 5.54. The van der Waals surface area contributed by atoms with Gasteiger partial charge in [0.25, 0.3) is 0 Å². The molecule has 0 saturated carbocycles. The van der Waals surface area contributed by atoms with Crippen molar-refractivity contribution < 1.29 is 0 Å². The second kappa shape index (κ2) is 12.5. The Kier molecular flexibility index (Phi) is 7.98. The topological polar surface area (TPSA) is 6.48 Å². The van der Waals surface area contributed by atoms with Gasteiger partial charge in [0.1, 0.15) is 0 Å². The minimum atomic E-state index is -0.160. The molecule has 5 aliphatic rings. The molecule has 0 amide bonds. The van der Waals surface area contributed by atoms with E-state index in [-0.39, 0.29) is 39.3 Å². The van der Waals surface area contributed by atoms with Gasteiger partial charge in [0.05, 0.1) is 0 Å². The van der Waals surface area contributed by atoms with E-state index in [2.05, 4.69) is 198 Å². The summed E-state index contributed by atoms with van der Waals surface area (Å²) in [5.41, 5.74) is 24.2. The molecule has 0 spiro atoms. The van der Waals surface area contributed by atoms with Crippen LogP contribution >= 0.6 is 11.3 Å². The van der Waals surface area contributed by atoms with Crippen LogP contribution in [0.3, 0.4) is 0 Å². The molecule has 2 nitrogen and oxygen atoms in total. The highest BCUT2D eigenvalue weighted by molar-refractivity contribution is 7.27. The van der Waals surface area contributed by atoms with Gasteiger partial charge in [0.2, 0.25) is 0 Å². The van der Waals surface area contributed by atoms with Gasteiger partial charge in [0, 0.05) is 59.6 Å². The minimum absolute atomic E-state index is 0.0243. The molecule has 0 unspecified atom stereocenters. The first-order chi connectivity index (χ1) is 30.0. The highest BCUT2D eigenvalue weighted by Crippen LogP contribution is 2.58. The largest absolute Gasteiger partial charge is 0.376 e. The molecule has 0 bridgehead atoms. The van der Waals surface area contributed by atoms with Gasteiger partial charge in [-0.3, -0.25) is 0 Å². The van der Waals surface area contributed by atoms with Crippen LogP contribution in [0, 0.1) is 6.92 Å². The Hall–Kier alpha value is -4.80. The SMILES string of the molecule is Cc1cc2c(cc1N1c3cc(C(C)(C)C)cc4c3B(c3c1ccc1c3sc3cc5c(cc31)C(C)(C)CCC5(C)C)N1c3ccccc3C(C)(C)c3cccc-4c31)C(C)(C)CCC2(C)C. The highest BCUT2D eigenvalue weighted by atomic mass is 32.1. The second-order valence-corrected chi connectivity index (χ2v) is 25.8. The van der Waals surface area contributed by atoms with Crippen LogP contribution in [0.15, 0.2) is 91.0 Å². The lowest BCUT2D eigenvalue weighted by Gasteiger charge is -2.51. The molecule has 3 aliphatic heterocycles. The molecule has 2 aliphatic carbocycles. The Morgan fingerprint density at radius 2 is 1.12 bits per heavy atom. The van der Waals surface area contributed by atoms with Crippen LogP contribution in [0.5, 0.6) is 0 Å². The molecule has 12 rings (SSSR count). The molecule has 0 radical (unpaired) electrons. The number of thiophene rings is 1. The molecule has 4 heteroatoms. The van der Waals surface area contributed by atoms with Crippen molar-refractivity contribution in [3.63, 3.8) is 0 Å². The Bertz CT molecular complexity index is 3220. The normalized spacial score (nSPS) is 20.0. The Morgan fingerprint density at radius 1 is 0.516 bits per heavy atom. The van der Waals surface area contributed by atoms with Gasteiger partial charge in [-0.15, -0.1) is 11.3 Å². The Morgan fingerprint density at radius 3 is 1.80 bits per heavy atom. The van der Waals surface area contributed by atoms with E-state index in [0.29, 0.717) is 0 Å². The summed E-state index contributed by atoms with van der Waals surface area (Å²) in [7, 11) is 0. The third-order valence-corrected chi connectivity index (χ3v) is 18.6. The lowest BCUT2D eigenvalue weighted by molar-refractivity contribution is 0.332. The van der Waals surface area contributed by atoms with E-state index in [1.54, 1.807) is 5.56 Å². The number of nitrogens with zero attached hydrogens (tertiary/aromatic N) is 2. The lowest BCUT2D eigenvalue weighted by Crippen LogP contribution is -2.63. The molecular formula is C60H65BN2S. The number of anilines is 5. The molecule has 0 fully saturated rings. The van der Waals surface area contributed by atoms with E-state index in [0.717, 1.165) is 0 Å². The first kappa shape index (κ1) is 40.7. The van der Waals surface area contributed by atoms with Gasteiger partial charge < -0.3 is 9.71 Å². The average molecular weight is 857 g/mol. The van der Waals surface area contributed by atoms with Crippen molar-refractivity contribution in [2.24, 2.45) is 0 Å². The molecule has 0 atom stereocenters. The summed E-state index contributed by atoms with van der Waals surface area (Å²) in [6.07, 6.45) is 4.82. The molecule has 64 heavy (non-hydrogen) atoms. The molecule has 6 aromatic carbocycles. The van der Waals surface area contributed by atoms with E-state index >= 15 is 0 Å². The van der Waals surface area contributed by atoms with Crippen molar-refractivity contribution in [3.8, 4) is 11.1 Å². The van der Waals surface area contributed by atoms with E-state index in [1.807, 2.05) is 11.3 Å². The summed E-state index contributed by atoms with van der Waals surface area (Å²) < 4.78 is 2.84. The summed E-state index contributed by atoms with van der Waals surface area (Å²) >= 11 is 2.05. The maximum absolute atomic E-state index is 2.80. The third-order valence-electron chi connectivity index (χ3n) is 17.4. The Labute approximate surface area is 387 Å². The number of rotatable bonds is 1. The summed E-state index contributed by atoms with van der Waals surface area (Å²) in [5, 5.41) is 2.81. The lowest BCUT2D eigenvalue weighted by atomic mass is 9.42.